The predicted molar refractivity (Wildman–Crippen MR) is 61.0 cm³/mol. The van der Waals surface area contributed by atoms with E-state index in [0.29, 0.717) is 17.9 Å². The zero-order chi connectivity index (χ0) is 11.1. The summed E-state index contributed by atoms with van der Waals surface area (Å²) >= 11 is 0. The summed E-state index contributed by atoms with van der Waals surface area (Å²) in [5, 5.41) is 5.75. The van der Waals surface area contributed by atoms with Gasteiger partial charge in [0, 0.05) is 19.8 Å². The number of aromatic nitrogens is 1. The molecule has 82 valence electrons. The summed E-state index contributed by atoms with van der Waals surface area (Å²) < 4.78 is 0. The molecule has 4 nitrogen and oxygen atoms in total. The number of unbranched alkanes of at least 4 members (excludes halogenated alkanes) is 1. The maximum Gasteiger partial charge on any atom is 0.255 e. The van der Waals surface area contributed by atoms with Crippen LogP contribution in [0, 0.1) is 0 Å². The molecule has 0 aliphatic heterocycles. The van der Waals surface area contributed by atoms with Gasteiger partial charge in [-0.05, 0) is 18.6 Å². The topological polar surface area (TPSA) is 54.0 Å². The van der Waals surface area contributed by atoms with Crippen molar-refractivity contribution in [2.75, 3.05) is 18.9 Å². The van der Waals surface area contributed by atoms with Gasteiger partial charge in [0.2, 0.25) is 0 Å². The van der Waals surface area contributed by atoms with E-state index in [1.54, 1.807) is 25.4 Å². The maximum atomic E-state index is 11.7. The standard InChI is InChI=1S/C11H17N3O/c1-3-4-7-14-11(15)9-6-5-8-13-10(9)12-2/h5-6,8H,3-4,7H2,1-2H3,(H,12,13)(H,14,15). The molecule has 0 bridgehead atoms. The molecule has 0 radical (unpaired) electrons. The molecule has 0 saturated carbocycles. The second-order valence-electron chi connectivity index (χ2n) is 3.26. The smallest absolute Gasteiger partial charge is 0.255 e. The van der Waals surface area contributed by atoms with E-state index < -0.39 is 0 Å². The number of anilines is 1. The lowest BCUT2D eigenvalue weighted by Gasteiger charge is -2.07. The number of nitrogens with zero attached hydrogens (tertiary/aromatic N) is 1. The maximum absolute atomic E-state index is 11.7. The van der Waals surface area contributed by atoms with Gasteiger partial charge in [0.15, 0.2) is 0 Å². The Kier molecular flexibility index (Phi) is 4.60. The van der Waals surface area contributed by atoms with Gasteiger partial charge in [-0.3, -0.25) is 4.79 Å². The van der Waals surface area contributed by atoms with Crippen molar-refractivity contribution < 1.29 is 4.79 Å². The highest BCUT2D eigenvalue weighted by Gasteiger charge is 2.09. The Labute approximate surface area is 90.1 Å². The van der Waals surface area contributed by atoms with Crippen molar-refractivity contribution in [2.24, 2.45) is 0 Å². The Morgan fingerprint density at radius 1 is 1.53 bits per heavy atom. The van der Waals surface area contributed by atoms with Crippen LogP contribution >= 0.6 is 0 Å². The van der Waals surface area contributed by atoms with Crippen molar-refractivity contribution in [3.05, 3.63) is 23.9 Å². The van der Waals surface area contributed by atoms with Crippen LogP contribution in [0.25, 0.3) is 0 Å². The molecule has 0 spiro atoms. The number of amides is 1. The predicted octanol–water partition coefficient (Wildman–Crippen LogP) is 1.65. The van der Waals surface area contributed by atoms with Crippen LogP contribution in [0.15, 0.2) is 18.3 Å². The van der Waals surface area contributed by atoms with Crippen molar-refractivity contribution in [1.82, 2.24) is 10.3 Å². The minimum atomic E-state index is -0.0686. The number of carbonyl (C=O) groups is 1. The summed E-state index contributed by atoms with van der Waals surface area (Å²) in [5.74, 6) is 0.549. The lowest BCUT2D eigenvalue weighted by atomic mass is 10.2. The first kappa shape index (κ1) is 11.5. The fraction of sp³-hybridized carbons (Fsp3) is 0.455. The number of hydrogen-bond donors (Lipinski definition) is 2. The Morgan fingerprint density at radius 3 is 3.00 bits per heavy atom. The minimum Gasteiger partial charge on any atom is -0.372 e. The van der Waals surface area contributed by atoms with Crippen LogP contribution in [0.1, 0.15) is 30.1 Å². The van der Waals surface area contributed by atoms with Crippen molar-refractivity contribution in [3.8, 4) is 0 Å². The Hall–Kier alpha value is -1.58. The van der Waals surface area contributed by atoms with Gasteiger partial charge >= 0.3 is 0 Å². The molecule has 0 fully saturated rings. The fourth-order valence-electron chi connectivity index (χ4n) is 1.26. The quantitative estimate of drug-likeness (QED) is 0.722. The first-order valence-electron chi connectivity index (χ1n) is 5.20. The molecule has 0 aliphatic rings. The zero-order valence-corrected chi connectivity index (χ0v) is 9.21. The fourth-order valence-corrected chi connectivity index (χ4v) is 1.26. The first-order valence-corrected chi connectivity index (χ1v) is 5.20. The van der Waals surface area contributed by atoms with E-state index in [0.717, 1.165) is 12.8 Å². The van der Waals surface area contributed by atoms with E-state index in [4.69, 9.17) is 0 Å². The second-order valence-corrected chi connectivity index (χ2v) is 3.26. The van der Waals surface area contributed by atoms with Gasteiger partial charge in [-0.15, -0.1) is 0 Å². The van der Waals surface area contributed by atoms with E-state index in [1.807, 2.05) is 0 Å². The van der Waals surface area contributed by atoms with Gasteiger partial charge in [0.05, 0.1) is 5.56 Å². The van der Waals surface area contributed by atoms with Crippen LogP contribution in [0.4, 0.5) is 5.82 Å². The SMILES string of the molecule is CCCCNC(=O)c1cccnc1NC. The van der Waals surface area contributed by atoms with Crippen LogP contribution in [-0.4, -0.2) is 24.5 Å². The number of rotatable bonds is 5. The number of nitrogens with one attached hydrogen (secondary N) is 2. The average molecular weight is 207 g/mol. The minimum absolute atomic E-state index is 0.0686. The molecule has 1 heterocycles. The molecule has 1 aromatic heterocycles. The number of carbonyl (C=O) groups excluding carboxylic acids is 1. The molecule has 0 unspecified atom stereocenters. The molecule has 0 atom stereocenters. The molecular weight excluding hydrogens is 190 g/mol. The summed E-state index contributed by atoms with van der Waals surface area (Å²) in [6.07, 6.45) is 3.74. The van der Waals surface area contributed by atoms with Crippen LogP contribution in [0.3, 0.4) is 0 Å². The van der Waals surface area contributed by atoms with Gasteiger partial charge < -0.3 is 10.6 Å². The molecular formula is C11H17N3O. The molecule has 0 aliphatic carbocycles. The molecule has 1 rings (SSSR count). The summed E-state index contributed by atoms with van der Waals surface area (Å²) in [4.78, 5) is 15.8. The molecule has 0 saturated heterocycles. The van der Waals surface area contributed by atoms with Gasteiger partial charge in [-0.2, -0.15) is 0 Å². The van der Waals surface area contributed by atoms with E-state index in [1.165, 1.54) is 0 Å². The van der Waals surface area contributed by atoms with Crippen molar-refractivity contribution in [1.29, 1.82) is 0 Å². The lowest BCUT2D eigenvalue weighted by Crippen LogP contribution is -2.25. The van der Waals surface area contributed by atoms with Crippen LogP contribution in [0.5, 0.6) is 0 Å². The zero-order valence-electron chi connectivity index (χ0n) is 9.21. The summed E-state index contributed by atoms with van der Waals surface area (Å²) in [7, 11) is 1.76. The summed E-state index contributed by atoms with van der Waals surface area (Å²) in [6.45, 7) is 2.81. The summed E-state index contributed by atoms with van der Waals surface area (Å²) in [6, 6.07) is 3.52. The van der Waals surface area contributed by atoms with E-state index >= 15 is 0 Å². The third kappa shape index (κ3) is 3.23. The number of pyridine rings is 1. The largest absolute Gasteiger partial charge is 0.372 e. The highest BCUT2D eigenvalue weighted by molar-refractivity contribution is 5.98. The monoisotopic (exact) mass is 207 g/mol. The van der Waals surface area contributed by atoms with Gasteiger partial charge in [0.25, 0.3) is 5.91 Å². The Balaban J connectivity index is 2.64. The Bertz CT molecular complexity index is 325. The van der Waals surface area contributed by atoms with E-state index in [2.05, 4.69) is 22.5 Å². The highest BCUT2D eigenvalue weighted by atomic mass is 16.1. The lowest BCUT2D eigenvalue weighted by molar-refractivity contribution is 0.0953. The molecule has 0 aromatic carbocycles. The van der Waals surface area contributed by atoms with Crippen molar-refractivity contribution in [3.63, 3.8) is 0 Å². The van der Waals surface area contributed by atoms with E-state index in [9.17, 15) is 4.79 Å². The molecule has 2 N–H and O–H groups in total. The van der Waals surface area contributed by atoms with Crippen molar-refractivity contribution >= 4 is 11.7 Å². The van der Waals surface area contributed by atoms with Crippen LogP contribution in [-0.2, 0) is 0 Å². The molecule has 15 heavy (non-hydrogen) atoms. The molecule has 1 amide bonds. The highest BCUT2D eigenvalue weighted by Crippen LogP contribution is 2.09. The van der Waals surface area contributed by atoms with Gasteiger partial charge in [0.1, 0.15) is 5.82 Å². The van der Waals surface area contributed by atoms with E-state index in [-0.39, 0.29) is 5.91 Å². The third-order valence-corrected chi connectivity index (χ3v) is 2.11. The van der Waals surface area contributed by atoms with Gasteiger partial charge in [-0.1, -0.05) is 13.3 Å². The first-order chi connectivity index (χ1) is 7.29. The normalized spacial score (nSPS) is 9.73. The van der Waals surface area contributed by atoms with Crippen molar-refractivity contribution in [2.45, 2.75) is 19.8 Å². The van der Waals surface area contributed by atoms with Crippen LogP contribution < -0.4 is 10.6 Å². The summed E-state index contributed by atoms with van der Waals surface area (Å²) in [5.41, 5.74) is 0.594. The Morgan fingerprint density at radius 2 is 2.33 bits per heavy atom. The molecule has 4 heteroatoms. The average Bonchev–Trinajstić information content (AvgIpc) is 2.29. The van der Waals surface area contributed by atoms with Crippen LogP contribution in [0.2, 0.25) is 0 Å². The van der Waals surface area contributed by atoms with Gasteiger partial charge in [-0.25, -0.2) is 4.98 Å². The second kappa shape index (κ2) is 6.01. The number of hydrogen-bond acceptors (Lipinski definition) is 3. The third-order valence-electron chi connectivity index (χ3n) is 2.11. The molecule has 1 aromatic rings.